The molecular formula is C16H28N4O. The topological polar surface area (TPSA) is 50.3 Å². The first kappa shape index (κ1) is 16.2. The molecule has 0 bridgehead atoms. The summed E-state index contributed by atoms with van der Waals surface area (Å²) in [5, 5.41) is 3.41. The summed E-state index contributed by atoms with van der Waals surface area (Å²) in [5.41, 5.74) is 0.976. The number of nitrogens with zero attached hydrogens (tertiary/aromatic N) is 3. The molecule has 0 aliphatic carbocycles. The summed E-state index contributed by atoms with van der Waals surface area (Å²) in [7, 11) is 1.67. The summed E-state index contributed by atoms with van der Waals surface area (Å²) >= 11 is 0. The summed E-state index contributed by atoms with van der Waals surface area (Å²) in [4.78, 5) is 11.4. The molecule has 1 atom stereocenters. The summed E-state index contributed by atoms with van der Waals surface area (Å²) < 4.78 is 5.10. The molecule has 21 heavy (non-hydrogen) atoms. The van der Waals surface area contributed by atoms with E-state index in [-0.39, 0.29) is 0 Å². The molecule has 0 saturated carbocycles. The van der Waals surface area contributed by atoms with Gasteiger partial charge in [0.1, 0.15) is 12.4 Å². The van der Waals surface area contributed by atoms with Crippen LogP contribution in [0.15, 0.2) is 6.07 Å². The molecule has 1 unspecified atom stereocenters. The summed E-state index contributed by atoms with van der Waals surface area (Å²) in [6.07, 6.45) is 5.23. The second-order valence-corrected chi connectivity index (χ2v) is 5.90. The molecule has 5 nitrogen and oxygen atoms in total. The molecule has 1 N–H and O–H groups in total. The maximum Gasteiger partial charge on any atom is 0.156 e. The minimum absolute atomic E-state index is 0.460. The van der Waals surface area contributed by atoms with Gasteiger partial charge in [-0.1, -0.05) is 6.42 Å². The highest BCUT2D eigenvalue weighted by Crippen LogP contribution is 2.16. The number of hydrogen-bond donors (Lipinski definition) is 1. The number of aromatic nitrogens is 2. The monoisotopic (exact) mass is 292 g/mol. The fraction of sp³-hybridized carbons (Fsp3) is 0.750. The predicted octanol–water partition coefficient (Wildman–Crippen LogP) is 2.61. The predicted molar refractivity (Wildman–Crippen MR) is 85.5 cm³/mol. The first-order chi connectivity index (χ1) is 10.2. The Morgan fingerprint density at radius 2 is 2.24 bits per heavy atom. The van der Waals surface area contributed by atoms with Crippen molar-refractivity contribution in [2.75, 3.05) is 32.1 Å². The van der Waals surface area contributed by atoms with Gasteiger partial charge in [-0.3, -0.25) is 0 Å². The first-order valence-corrected chi connectivity index (χ1v) is 8.00. The molecule has 0 aromatic carbocycles. The van der Waals surface area contributed by atoms with Crippen LogP contribution in [0.25, 0.3) is 0 Å². The van der Waals surface area contributed by atoms with Gasteiger partial charge < -0.3 is 15.0 Å². The van der Waals surface area contributed by atoms with Gasteiger partial charge in [0.25, 0.3) is 0 Å². The van der Waals surface area contributed by atoms with Crippen molar-refractivity contribution < 1.29 is 4.74 Å². The van der Waals surface area contributed by atoms with E-state index in [4.69, 9.17) is 4.74 Å². The molecule has 1 aliphatic rings. The van der Waals surface area contributed by atoms with E-state index >= 15 is 0 Å². The number of likely N-dealkylation sites (tertiary alicyclic amines) is 1. The third-order valence-corrected chi connectivity index (χ3v) is 4.04. The van der Waals surface area contributed by atoms with E-state index in [9.17, 15) is 0 Å². The van der Waals surface area contributed by atoms with Gasteiger partial charge in [-0.25, -0.2) is 9.97 Å². The molecule has 1 aromatic heterocycles. The average molecular weight is 292 g/mol. The second-order valence-electron chi connectivity index (χ2n) is 5.90. The van der Waals surface area contributed by atoms with Crippen LogP contribution in [-0.4, -0.2) is 47.7 Å². The minimum Gasteiger partial charge on any atom is -0.377 e. The van der Waals surface area contributed by atoms with Crippen LogP contribution < -0.4 is 5.32 Å². The van der Waals surface area contributed by atoms with Gasteiger partial charge in [-0.05, 0) is 39.7 Å². The summed E-state index contributed by atoms with van der Waals surface area (Å²) in [6, 6.07) is 2.73. The third kappa shape index (κ3) is 5.25. The van der Waals surface area contributed by atoms with Gasteiger partial charge in [0.15, 0.2) is 5.82 Å². The van der Waals surface area contributed by atoms with Crippen LogP contribution in [0.1, 0.15) is 44.1 Å². The molecule has 1 fully saturated rings. The molecule has 118 valence electrons. The largest absolute Gasteiger partial charge is 0.377 e. The molecule has 1 aliphatic heterocycles. The van der Waals surface area contributed by atoms with Crippen LogP contribution in [0.4, 0.5) is 5.82 Å². The zero-order chi connectivity index (χ0) is 15.1. The lowest BCUT2D eigenvalue weighted by atomic mass is 10.0. The average Bonchev–Trinajstić information content (AvgIpc) is 2.45. The Labute approximate surface area is 128 Å². The van der Waals surface area contributed by atoms with Crippen LogP contribution in [0.2, 0.25) is 0 Å². The Hall–Kier alpha value is -1.20. The van der Waals surface area contributed by atoms with E-state index in [0.717, 1.165) is 36.3 Å². The lowest BCUT2D eigenvalue weighted by Gasteiger charge is -2.33. The molecule has 0 amide bonds. The fourth-order valence-electron chi connectivity index (χ4n) is 2.90. The first-order valence-electron chi connectivity index (χ1n) is 8.00. The van der Waals surface area contributed by atoms with Crippen molar-refractivity contribution in [2.24, 2.45) is 0 Å². The molecule has 1 aromatic rings. The van der Waals surface area contributed by atoms with Crippen molar-refractivity contribution in [3.63, 3.8) is 0 Å². The number of piperidine rings is 1. The molecule has 5 heteroatoms. The van der Waals surface area contributed by atoms with Gasteiger partial charge in [-0.2, -0.15) is 0 Å². The number of aryl methyl sites for hydroxylation is 1. The molecule has 1 saturated heterocycles. The van der Waals surface area contributed by atoms with Gasteiger partial charge >= 0.3 is 0 Å². The Bertz CT molecular complexity index is 438. The van der Waals surface area contributed by atoms with E-state index in [1.165, 1.54) is 32.4 Å². The Morgan fingerprint density at radius 1 is 1.38 bits per heavy atom. The van der Waals surface area contributed by atoms with E-state index in [1.54, 1.807) is 7.11 Å². The van der Waals surface area contributed by atoms with Crippen LogP contribution >= 0.6 is 0 Å². The normalized spacial score (nSPS) is 19.7. The Morgan fingerprint density at radius 3 is 3.00 bits per heavy atom. The Kier molecular flexibility index (Phi) is 6.39. The molecule has 0 radical (unpaired) electrons. The van der Waals surface area contributed by atoms with Crippen LogP contribution in [0, 0.1) is 6.92 Å². The van der Waals surface area contributed by atoms with Crippen LogP contribution in [0.5, 0.6) is 0 Å². The summed E-state index contributed by atoms with van der Waals surface area (Å²) in [5.74, 6) is 1.64. The zero-order valence-corrected chi connectivity index (χ0v) is 13.6. The lowest BCUT2D eigenvalue weighted by Crippen LogP contribution is -2.38. The maximum atomic E-state index is 5.10. The zero-order valence-electron chi connectivity index (χ0n) is 13.6. The minimum atomic E-state index is 0.460. The van der Waals surface area contributed by atoms with Crippen LogP contribution in [-0.2, 0) is 11.3 Å². The quantitative estimate of drug-likeness (QED) is 0.783. The van der Waals surface area contributed by atoms with Gasteiger partial charge in [0, 0.05) is 38.0 Å². The lowest BCUT2D eigenvalue weighted by molar-refractivity contribution is 0.160. The Balaban J connectivity index is 1.75. The molecular weight excluding hydrogens is 264 g/mol. The van der Waals surface area contributed by atoms with Gasteiger partial charge in [-0.15, -0.1) is 0 Å². The van der Waals surface area contributed by atoms with Crippen LogP contribution in [0.3, 0.4) is 0 Å². The van der Waals surface area contributed by atoms with Crippen molar-refractivity contribution in [2.45, 2.75) is 52.2 Å². The van der Waals surface area contributed by atoms with Crippen molar-refractivity contribution >= 4 is 5.82 Å². The number of ether oxygens (including phenoxy) is 1. The SMILES string of the molecule is COCc1nc(C)cc(NCCCN2CCCCC2C)n1. The fourth-order valence-corrected chi connectivity index (χ4v) is 2.90. The summed E-state index contributed by atoms with van der Waals surface area (Å²) in [6.45, 7) is 8.17. The van der Waals surface area contributed by atoms with Gasteiger partial charge in [0.2, 0.25) is 0 Å². The van der Waals surface area contributed by atoms with Crippen molar-refractivity contribution in [3.8, 4) is 0 Å². The highest BCUT2D eigenvalue weighted by molar-refractivity contribution is 5.35. The van der Waals surface area contributed by atoms with E-state index in [0.29, 0.717) is 6.61 Å². The van der Waals surface area contributed by atoms with E-state index in [2.05, 4.69) is 27.1 Å². The maximum absolute atomic E-state index is 5.10. The molecule has 2 heterocycles. The molecule has 2 rings (SSSR count). The second kappa shape index (κ2) is 8.29. The molecule has 0 spiro atoms. The van der Waals surface area contributed by atoms with Gasteiger partial charge in [0.05, 0.1) is 0 Å². The number of nitrogens with one attached hydrogen (secondary N) is 1. The number of rotatable bonds is 7. The smallest absolute Gasteiger partial charge is 0.156 e. The highest BCUT2D eigenvalue weighted by atomic mass is 16.5. The standard InChI is InChI=1S/C16H28N4O/c1-13-11-15(19-16(18-13)12-21-3)17-8-6-10-20-9-5-4-7-14(20)2/h11,14H,4-10,12H2,1-3H3,(H,17,18,19). The van der Waals surface area contributed by atoms with Crippen molar-refractivity contribution in [3.05, 3.63) is 17.6 Å². The number of anilines is 1. The number of methoxy groups -OCH3 is 1. The number of hydrogen-bond acceptors (Lipinski definition) is 5. The third-order valence-electron chi connectivity index (χ3n) is 4.04. The van der Waals surface area contributed by atoms with Crippen molar-refractivity contribution in [1.82, 2.24) is 14.9 Å². The van der Waals surface area contributed by atoms with E-state index in [1.807, 2.05) is 13.0 Å². The van der Waals surface area contributed by atoms with Crippen molar-refractivity contribution in [1.29, 1.82) is 0 Å². The highest BCUT2D eigenvalue weighted by Gasteiger charge is 2.17. The van der Waals surface area contributed by atoms with E-state index < -0.39 is 0 Å².